The molecule has 0 aromatic heterocycles. The molecule has 0 saturated carbocycles. The Kier molecular flexibility index (Phi) is 6.00. The summed E-state index contributed by atoms with van der Waals surface area (Å²) in [5, 5.41) is 0. The minimum Gasteiger partial charge on any atom is -0.493 e. The molecule has 30 heavy (non-hydrogen) atoms. The van der Waals surface area contributed by atoms with Crippen molar-refractivity contribution in [1.82, 2.24) is 4.90 Å². The Morgan fingerprint density at radius 3 is 2.43 bits per heavy atom. The highest BCUT2D eigenvalue weighted by Gasteiger charge is 2.30. The Labute approximate surface area is 175 Å². The van der Waals surface area contributed by atoms with E-state index in [9.17, 15) is 4.39 Å². The number of hydrogen-bond acceptors (Lipinski definition) is 3. The molecule has 156 valence electrons. The van der Waals surface area contributed by atoms with Crippen LogP contribution in [-0.2, 0) is 19.4 Å². The Morgan fingerprint density at radius 1 is 1.00 bits per heavy atom. The van der Waals surface area contributed by atoms with Crippen molar-refractivity contribution in [2.75, 3.05) is 20.8 Å². The van der Waals surface area contributed by atoms with Crippen LogP contribution in [0, 0.1) is 5.82 Å². The van der Waals surface area contributed by atoms with Crippen LogP contribution in [0.15, 0.2) is 60.7 Å². The fourth-order valence-corrected chi connectivity index (χ4v) is 4.16. The van der Waals surface area contributed by atoms with E-state index in [4.69, 9.17) is 9.47 Å². The monoisotopic (exact) mass is 409 g/mol. The average molecular weight is 409 g/mol. The van der Waals surface area contributed by atoms with Gasteiger partial charge in [0, 0.05) is 30.6 Å². The normalized spacial score (nSPS) is 14.8. The van der Waals surface area contributed by atoms with Crippen LogP contribution in [0.5, 0.6) is 11.5 Å². The first-order valence-electron chi connectivity index (χ1n) is 10.1. The molecule has 0 amide bonds. The molecule has 3 aromatic rings. The highest BCUT2D eigenvalue weighted by molar-refractivity contribution is 5.79. The topological polar surface area (TPSA) is 21.7 Å². The number of benzene rings is 3. The number of fused-ring (bicyclic) bond motifs is 1. The Bertz CT molecular complexity index is 1020. The molecule has 1 aliphatic heterocycles. The molecule has 1 aliphatic rings. The van der Waals surface area contributed by atoms with Crippen LogP contribution in [0.2, 0.25) is 0 Å². The maximum atomic E-state index is 15.2. The SMILES string of the molecule is COc1cc2c(c(-c3ccccc3F)c1OC)CN(C(F)Cc1ccccc1)CC2. The number of halogens is 2. The van der Waals surface area contributed by atoms with Crippen molar-refractivity contribution in [3.8, 4) is 22.6 Å². The first-order valence-corrected chi connectivity index (χ1v) is 10.1. The number of methoxy groups -OCH3 is 2. The predicted octanol–water partition coefficient (Wildman–Crippen LogP) is 5.41. The molecular weight excluding hydrogens is 384 g/mol. The molecule has 0 radical (unpaired) electrons. The van der Waals surface area contributed by atoms with Crippen molar-refractivity contribution < 1.29 is 18.3 Å². The quantitative estimate of drug-likeness (QED) is 0.509. The van der Waals surface area contributed by atoms with Crippen molar-refractivity contribution in [2.24, 2.45) is 0 Å². The van der Waals surface area contributed by atoms with Crippen LogP contribution in [0.3, 0.4) is 0 Å². The minimum absolute atomic E-state index is 0.318. The van der Waals surface area contributed by atoms with Crippen molar-refractivity contribution >= 4 is 0 Å². The van der Waals surface area contributed by atoms with Gasteiger partial charge in [-0.1, -0.05) is 48.5 Å². The van der Waals surface area contributed by atoms with Crippen LogP contribution in [0.1, 0.15) is 16.7 Å². The number of alkyl halides is 1. The van der Waals surface area contributed by atoms with Gasteiger partial charge in [0.2, 0.25) is 0 Å². The summed E-state index contributed by atoms with van der Waals surface area (Å²) in [5.74, 6) is 0.690. The minimum atomic E-state index is -1.12. The lowest BCUT2D eigenvalue weighted by molar-refractivity contribution is 0.0699. The lowest BCUT2D eigenvalue weighted by Crippen LogP contribution is -2.38. The summed E-state index contributed by atoms with van der Waals surface area (Å²) >= 11 is 0. The van der Waals surface area contributed by atoms with Gasteiger partial charge < -0.3 is 9.47 Å². The zero-order valence-electron chi connectivity index (χ0n) is 17.2. The van der Waals surface area contributed by atoms with Crippen molar-refractivity contribution in [3.05, 3.63) is 83.2 Å². The van der Waals surface area contributed by atoms with Gasteiger partial charge >= 0.3 is 0 Å². The van der Waals surface area contributed by atoms with Gasteiger partial charge in [-0.25, -0.2) is 8.78 Å². The van der Waals surface area contributed by atoms with Gasteiger partial charge in [-0.3, -0.25) is 4.90 Å². The molecule has 5 heteroatoms. The molecule has 0 fully saturated rings. The second-order valence-electron chi connectivity index (χ2n) is 7.45. The van der Waals surface area contributed by atoms with E-state index in [1.807, 2.05) is 41.3 Å². The van der Waals surface area contributed by atoms with E-state index in [0.717, 1.165) is 16.7 Å². The molecule has 3 nitrogen and oxygen atoms in total. The molecule has 0 aliphatic carbocycles. The summed E-state index contributed by atoms with van der Waals surface area (Å²) in [5.41, 5.74) is 3.96. The maximum absolute atomic E-state index is 15.2. The van der Waals surface area contributed by atoms with E-state index < -0.39 is 6.30 Å². The van der Waals surface area contributed by atoms with Crippen LogP contribution in [0.25, 0.3) is 11.1 Å². The first-order chi connectivity index (χ1) is 14.6. The van der Waals surface area contributed by atoms with E-state index in [-0.39, 0.29) is 5.82 Å². The predicted molar refractivity (Wildman–Crippen MR) is 114 cm³/mol. The summed E-state index contributed by atoms with van der Waals surface area (Å²) in [4.78, 5) is 1.81. The van der Waals surface area contributed by atoms with Crippen LogP contribution >= 0.6 is 0 Å². The summed E-state index contributed by atoms with van der Waals surface area (Å²) in [6.45, 7) is 0.973. The Morgan fingerprint density at radius 2 is 1.73 bits per heavy atom. The number of ether oxygens (including phenoxy) is 2. The molecule has 0 spiro atoms. The molecule has 1 unspecified atom stereocenters. The third kappa shape index (κ3) is 3.90. The smallest absolute Gasteiger partial charge is 0.168 e. The zero-order valence-corrected chi connectivity index (χ0v) is 17.2. The fourth-order valence-electron chi connectivity index (χ4n) is 4.16. The summed E-state index contributed by atoms with van der Waals surface area (Å²) in [6, 6.07) is 18.2. The molecule has 1 heterocycles. The Hall–Kier alpha value is -2.92. The van der Waals surface area contributed by atoms with Gasteiger partial charge in [0.25, 0.3) is 0 Å². The second kappa shape index (κ2) is 8.84. The van der Waals surface area contributed by atoms with E-state index in [2.05, 4.69) is 0 Å². The largest absolute Gasteiger partial charge is 0.493 e. The van der Waals surface area contributed by atoms with E-state index in [0.29, 0.717) is 48.6 Å². The van der Waals surface area contributed by atoms with Crippen molar-refractivity contribution in [3.63, 3.8) is 0 Å². The third-order valence-corrected chi connectivity index (χ3v) is 5.69. The average Bonchev–Trinajstić information content (AvgIpc) is 2.78. The lowest BCUT2D eigenvalue weighted by atomic mass is 9.89. The van der Waals surface area contributed by atoms with Gasteiger partial charge in [0.15, 0.2) is 17.8 Å². The summed E-state index contributed by atoms with van der Waals surface area (Å²) in [6.07, 6.45) is -0.146. The maximum Gasteiger partial charge on any atom is 0.168 e. The number of nitrogens with zero attached hydrogens (tertiary/aromatic N) is 1. The lowest BCUT2D eigenvalue weighted by Gasteiger charge is -2.33. The van der Waals surface area contributed by atoms with Crippen molar-refractivity contribution in [2.45, 2.75) is 25.7 Å². The second-order valence-corrected chi connectivity index (χ2v) is 7.45. The highest BCUT2D eigenvalue weighted by atomic mass is 19.1. The standard InChI is InChI=1S/C25H25F2NO2/c1-29-22-15-18-12-13-28(23(27)14-17-8-4-3-5-9-17)16-20(18)24(25(22)30-2)19-10-6-7-11-21(19)26/h3-11,15,23H,12-14,16H2,1-2H3. The van der Waals surface area contributed by atoms with Crippen LogP contribution in [-0.4, -0.2) is 32.0 Å². The van der Waals surface area contributed by atoms with Gasteiger partial charge in [0.1, 0.15) is 5.82 Å². The third-order valence-electron chi connectivity index (χ3n) is 5.69. The molecule has 3 aromatic carbocycles. The fraction of sp³-hybridized carbons (Fsp3) is 0.280. The highest BCUT2D eigenvalue weighted by Crippen LogP contribution is 2.45. The molecule has 0 N–H and O–H groups in total. The number of rotatable bonds is 6. The summed E-state index contributed by atoms with van der Waals surface area (Å²) in [7, 11) is 3.12. The van der Waals surface area contributed by atoms with Gasteiger partial charge in [-0.15, -0.1) is 0 Å². The zero-order chi connectivity index (χ0) is 21.1. The van der Waals surface area contributed by atoms with E-state index in [1.165, 1.54) is 6.07 Å². The first kappa shape index (κ1) is 20.4. The molecular formula is C25H25F2NO2. The van der Waals surface area contributed by atoms with Crippen LogP contribution < -0.4 is 9.47 Å². The van der Waals surface area contributed by atoms with Gasteiger partial charge in [-0.05, 0) is 35.2 Å². The number of hydrogen-bond donors (Lipinski definition) is 0. The molecule has 0 bridgehead atoms. The Balaban J connectivity index is 1.74. The summed E-state index contributed by atoms with van der Waals surface area (Å²) < 4.78 is 41.1. The van der Waals surface area contributed by atoms with E-state index >= 15 is 4.39 Å². The van der Waals surface area contributed by atoms with Gasteiger partial charge in [0.05, 0.1) is 14.2 Å². The van der Waals surface area contributed by atoms with E-state index in [1.54, 1.807) is 32.4 Å². The molecule has 4 rings (SSSR count). The molecule has 1 atom stereocenters. The van der Waals surface area contributed by atoms with Crippen molar-refractivity contribution in [1.29, 1.82) is 0 Å². The van der Waals surface area contributed by atoms with Crippen LogP contribution in [0.4, 0.5) is 8.78 Å². The molecule has 0 saturated heterocycles. The van der Waals surface area contributed by atoms with Gasteiger partial charge in [-0.2, -0.15) is 0 Å².